The van der Waals surface area contributed by atoms with Crippen LogP contribution in [0.15, 0.2) is 18.2 Å². The molecule has 2 heterocycles. The molecular weight excluding hydrogens is 258 g/mol. The molecule has 2 N–H and O–H groups in total. The van der Waals surface area contributed by atoms with E-state index in [9.17, 15) is 0 Å². The van der Waals surface area contributed by atoms with E-state index in [1.807, 2.05) is 25.1 Å². The van der Waals surface area contributed by atoms with Crippen LogP contribution in [0.1, 0.15) is 19.4 Å². The van der Waals surface area contributed by atoms with Gasteiger partial charge in [-0.05, 0) is 35.9 Å². The van der Waals surface area contributed by atoms with Crippen molar-refractivity contribution in [3.05, 3.63) is 18.2 Å². The molecular formula is C13H17N5O2. The number of anilines is 1. The van der Waals surface area contributed by atoms with Gasteiger partial charge in [0.15, 0.2) is 5.82 Å². The van der Waals surface area contributed by atoms with Gasteiger partial charge in [-0.1, -0.05) is 6.07 Å². The van der Waals surface area contributed by atoms with E-state index in [-0.39, 0.29) is 6.04 Å². The molecule has 7 heteroatoms. The summed E-state index contributed by atoms with van der Waals surface area (Å²) < 4.78 is 12.8. The Labute approximate surface area is 116 Å². The average Bonchev–Trinajstić information content (AvgIpc) is 3.09. The Morgan fingerprint density at radius 1 is 1.50 bits per heavy atom. The predicted molar refractivity (Wildman–Crippen MR) is 73.3 cm³/mol. The summed E-state index contributed by atoms with van der Waals surface area (Å²) in [6, 6.07) is 5.70. The number of hydrogen-bond donors (Lipinski definition) is 1. The maximum Gasteiger partial charge on any atom is 0.188 e. The van der Waals surface area contributed by atoms with E-state index in [1.165, 1.54) is 0 Å². The van der Waals surface area contributed by atoms with Gasteiger partial charge in [0.05, 0.1) is 24.8 Å². The van der Waals surface area contributed by atoms with Crippen LogP contribution in [0.5, 0.6) is 5.75 Å². The summed E-state index contributed by atoms with van der Waals surface area (Å²) in [5.41, 5.74) is 7.43. The molecule has 1 saturated heterocycles. The zero-order valence-corrected chi connectivity index (χ0v) is 11.3. The average molecular weight is 275 g/mol. The highest BCUT2D eigenvalue weighted by Gasteiger charge is 2.25. The normalized spacial score (nSPS) is 18.4. The van der Waals surface area contributed by atoms with Gasteiger partial charge in [0, 0.05) is 12.3 Å². The van der Waals surface area contributed by atoms with Crippen LogP contribution in [0.4, 0.5) is 5.69 Å². The number of nitrogens with zero attached hydrogens (tertiary/aromatic N) is 4. The van der Waals surface area contributed by atoms with E-state index >= 15 is 0 Å². The van der Waals surface area contributed by atoms with Crippen molar-refractivity contribution in [2.24, 2.45) is 0 Å². The first kappa shape index (κ1) is 12.9. The summed E-state index contributed by atoms with van der Waals surface area (Å²) in [6.45, 7) is 3.84. The number of ether oxygens (including phenoxy) is 2. The molecule has 1 aromatic carbocycles. The molecule has 0 spiro atoms. The molecule has 0 amide bonds. The first-order valence-electron chi connectivity index (χ1n) is 6.68. The first-order chi connectivity index (χ1) is 9.81. The van der Waals surface area contributed by atoms with E-state index in [0.29, 0.717) is 30.5 Å². The Balaban J connectivity index is 2.07. The smallest absolute Gasteiger partial charge is 0.188 e. The molecule has 1 aliphatic heterocycles. The Morgan fingerprint density at radius 3 is 3.15 bits per heavy atom. The second-order valence-electron chi connectivity index (χ2n) is 4.62. The fourth-order valence-corrected chi connectivity index (χ4v) is 2.38. The zero-order valence-electron chi connectivity index (χ0n) is 11.3. The van der Waals surface area contributed by atoms with E-state index < -0.39 is 0 Å². The topological polar surface area (TPSA) is 88.1 Å². The van der Waals surface area contributed by atoms with Crippen LogP contribution in [-0.2, 0) is 4.74 Å². The van der Waals surface area contributed by atoms with Crippen molar-refractivity contribution < 1.29 is 9.47 Å². The van der Waals surface area contributed by atoms with Gasteiger partial charge in [0.25, 0.3) is 0 Å². The molecule has 0 bridgehead atoms. The van der Waals surface area contributed by atoms with Crippen molar-refractivity contribution >= 4 is 5.69 Å². The second kappa shape index (κ2) is 5.46. The van der Waals surface area contributed by atoms with Crippen molar-refractivity contribution in [2.75, 3.05) is 25.6 Å². The summed E-state index contributed by atoms with van der Waals surface area (Å²) in [6.07, 6.45) is 0.898. The number of nitrogens with two attached hydrogens (primary N) is 1. The maximum absolute atomic E-state index is 6.09. The standard InChI is InChI=1S/C13H17N5O2/c1-2-20-11-5-3-4-10(14)12(11)13-15-16-17-18(13)9-6-7-19-8-9/h3-5,9H,2,6-8,14H2,1H3. The Hall–Kier alpha value is -2.15. The van der Waals surface area contributed by atoms with Gasteiger partial charge in [-0.3, -0.25) is 0 Å². The highest BCUT2D eigenvalue weighted by molar-refractivity contribution is 5.77. The molecule has 1 unspecified atom stereocenters. The molecule has 7 nitrogen and oxygen atoms in total. The number of nitrogen functional groups attached to an aromatic ring is 1. The van der Waals surface area contributed by atoms with Gasteiger partial charge in [-0.2, -0.15) is 0 Å². The third-order valence-corrected chi connectivity index (χ3v) is 3.33. The molecule has 2 aromatic rings. The minimum absolute atomic E-state index is 0.147. The van der Waals surface area contributed by atoms with Gasteiger partial charge in [0.2, 0.25) is 0 Å². The van der Waals surface area contributed by atoms with Crippen LogP contribution in [-0.4, -0.2) is 40.0 Å². The first-order valence-corrected chi connectivity index (χ1v) is 6.68. The summed E-state index contributed by atoms with van der Waals surface area (Å²) in [4.78, 5) is 0. The molecule has 0 radical (unpaired) electrons. The Morgan fingerprint density at radius 2 is 2.40 bits per heavy atom. The molecule has 1 aromatic heterocycles. The predicted octanol–water partition coefficient (Wildman–Crippen LogP) is 1.28. The highest BCUT2D eigenvalue weighted by atomic mass is 16.5. The van der Waals surface area contributed by atoms with Crippen molar-refractivity contribution in [3.63, 3.8) is 0 Å². The van der Waals surface area contributed by atoms with Crippen molar-refractivity contribution in [3.8, 4) is 17.1 Å². The van der Waals surface area contributed by atoms with Crippen LogP contribution < -0.4 is 10.5 Å². The van der Waals surface area contributed by atoms with Gasteiger partial charge in [-0.25, -0.2) is 4.68 Å². The van der Waals surface area contributed by atoms with Gasteiger partial charge in [-0.15, -0.1) is 5.10 Å². The molecule has 20 heavy (non-hydrogen) atoms. The van der Waals surface area contributed by atoms with Crippen LogP contribution in [0.2, 0.25) is 0 Å². The van der Waals surface area contributed by atoms with Crippen LogP contribution in [0.25, 0.3) is 11.4 Å². The molecule has 0 saturated carbocycles. The van der Waals surface area contributed by atoms with Gasteiger partial charge in [0.1, 0.15) is 5.75 Å². The minimum atomic E-state index is 0.147. The largest absolute Gasteiger partial charge is 0.493 e. The fourth-order valence-electron chi connectivity index (χ4n) is 2.38. The van der Waals surface area contributed by atoms with E-state index in [2.05, 4.69) is 15.5 Å². The molecule has 0 aliphatic carbocycles. The summed E-state index contributed by atoms with van der Waals surface area (Å²) in [7, 11) is 0. The lowest BCUT2D eigenvalue weighted by Gasteiger charge is -2.14. The molecule has 1 fully saturated rings. The summed E-state index contributed by atoms with van der Waals surface area (Å²) in [5, 5.41) is 12.0. The second-order valence-corrected chi connectivity index (χ2v) is 4.62. The fraction of sp³-hybridized carbons (Fsp3) is 0.462. The molecule has 1 aliphatic rings. The van der Waals surface area contributed by atoms with E-state index in [1.54, 1.807) is 4.68 Å². The highest BCUT2D eigenvalue weighted by Crippen LogP contribution is 2.35. The SMILES string of the molecule is CCOc1cccc(N)c1-c1nnnn1C1CCOC1. The van der Waals surface area contributed by atoms with Crippen molar-refractivity contribution in [2.45, 2.75) is 19.4 Å². The lowest BCUT2D eigenvalue weighted by molar-refractivity contribution is 0.184. The molecule has 3 rings (SSSR count). The van der Waals surface area contributed by atoms with Gasteiger partial charge >= 0.3 is 0 Å². The quantitative estimate of drug-likeness (QED) is 0.846. The third-order valence-electron chi connectivity index (χ3n) is 3.33. The molecule has 106 valence electrons. The monoisotopic (exact) mass is 275 g/mol. The number of hydrogen-bond acceptors (Lipinski definition) is 6. The lowest BCUT2D eigenvalue weighted by atomic mass is 10.1. The number of benzene rings is 1. The summed E-state index contributed by atoms with van der Waals surface area (Å²) >= 11 is 0. The third kappa shape index (κ3) is 2.20. The Bertz CT molecular complexity index is 592. The molecule has 1 atom stereocenters. The number of aromatic nitrogens is 4. The van der Waals surface area contributed by atoms with Crippen LogP contribution >= 0.6 is 0 Å². The van der Waals surface area contributed by atoms with E-state index in [0.717, 1.165) is 18.6 Å². The summed E-state index contributed by atoms with van der Waals surface area (Å²) in [5.74, 6) is 1.32. The van der Waals surface area contributed by atoms with Crippen LogP contribution in [0, 0.1) is 0 Å². The number of tetrazole rings is 1. The van der Waals surface area contributed by atoms with Crippen molar-refractivity contribution in [1.82, 2.24) is 20.2 Å². The minimum Gasteiger partial charge on any atom is -0.493 e. The van der Waals surface area contributed by atoms with E-state index in [4.69, 9.17) is 15.2 Å². The lowest BCUT2D eigenvalue weighted by Crippen LogP contribution is -2.13. The Kier molecular flexibility index (Phi) is 3.51. The van der Waals surface area contributed by atoms with Gasteiger partial charge < -0.3 is 15.2 Å². The van der Waals surface area contributed by atoms with Crippen LogP contribution in [0.3, 0.4) is 0 Å². The zero-order chi connectivity index (χ0) is 13.9. The maximum atomic E-state index is 6.09. The number of rotatable bonds is 4. The van der Waals surface area contributed by atoms with Crippen molar-refractivity contribution in [1.29, 1.82) is 0 Å².